The lowest BCUT2D eigenvalue weighted by atomic mass is 10.1. The molecule has 0 radical (unpaired) electrons. The third kappa shape index (κ3) is 3.57. The van der Waals surface area contributed by atoms with Crippen molar-refractivity contribution in [1.29, 1.82) is 0 Å². The Morgan fingerprint density at radius 2 is 2.10 bits per heavy atom. The molecule has 158 valence electrons. The fourth-order valence-electron chi connectivity index (χ4n) is 3.43. The number of nitroso groups, excluding NO2 is 1. The van der Waals surface area contributed by atoms with Gasteiger partial charge in [-0.2, -0.15) is 0 Å². The lowest BCUT2D eigenvalue weighted by molar-refractivity contribution is -0.0173. The van der Waals surface area contributed by atoms with Crippen LogP contribution in [0.3, 0.4) is 0 Å². The molecule has 0 aliphatic carbocycles. The van der Waals surface area contributed by atoms with Gasteiger partial charge in [-0.1, -0.05) is 0 Å². The molecule has 1 aliphatic rings. The number of aromatic hydroxyl groups is 1. The Morgan fingerprint density at radius 3 is 2.83 bits per heavy atom. The first kappa shape index (κ1) is 20.1. The molecular formula is C19H18FN3O6S. The number of benzene rings is 2. The number of sulfonamides is 1. The fraction of sp³-hybridized carbons (Fsp3) is 0.263. The van der Waals surface area contributed by atoms with E-state index in [-0.39, 0.29) is 37.1 Å². The second-order valence-corrected chi connectivity index (χ2v) is 8.76. The molecule has 0 bridgehead atoms. The van der Waals surface area contributed by atoms with Crippen LogP contribution in [0.2, 0.25) is 0 Å². The van der Waals surface area contributed by atoms with Crippen LogP contribution in [0.4, 0.5) is 15.8 Å². The second-order valence-electron chi connectivity index (χ2n) is 6.75. The molecule has 2 N–H and O–H groups in total. The van der Waals surface area contributed by atoms with Crippen molar-refractivity contribution in [2.75, 3.05) is 17.3 Å². The van der Waals surface area contributed by atoms with Crippen molar-refractivity contribution in [3.05, 3.63) is 52.2 Å². The van der Waals surface area contributed by atoms with Gasteiger partial charge in [-0.15, -0.1) is 4.91 Å². The molecule has 0 atom stereocenters. The number of anilines is 1. The number of halogens is 1. The molecule has 2 aromatic carbocycles. The van der Waals surface area contributed by atoms with Crippen molar-refractivity contribution in [3.63, 3.8) is 0 Å². The largest absolute Gasteiger partial charge is 0.493 e. The van der Waals surface area contributed by atoms with Gasteiger partial charge in [-0.3, -0.25) is 4.72 Å². The highest BCUT2D eigenvalue weighted by Gasteiger charge is 2.22. The number of ether oxygens (including phenoxy) is 2. The van der Waals surface area contributed by atoms with E-state index < -0.39 is 21.7 Å². The van der Waals surface area contributed by atoms with Gasteiger partial charge in [0.15, 0.2) is 12.5 Å². The third-order valence-corrected chi connectivity index (χ3v) is 6.14. The van der Waals surface area contributed by atoms with Crippen LogP contribution in [-0.2, 0) is 27.9 Å². The summed E-state index contributed by atoms with van der Waals surface area (Å²) in [6.07, 6.45) is 0. The average molecular weight is 435 g/mol. The number of hydrogen-bond donors (Lipinski definition) is 2. The van der Waals surface area contributed by atoms with Crippen LogP contribution in [0, 0.1) is 10.7 Å². The molecule has 0 unspecified atom stereocenters. The zero-order chi connectivity index (χ0) is 21.5. The minimum atomic E-state index is -3.53. The van der Waals surface area contributed by atoms with Crippen molar-refractivity contribution in [2.45, 2.75) is 20.1 Å². The topological polar surface area (TPSA) is 119 Å². The molecule has 0 amide bonds. The molecule has 1 aliphatic heterocycles. The van der Waals surface area contributed by atoms with Crippen LogP contribution in [0.25, 0.3) is 10.9 Å². The van der Waals surface area contributed by atoms with Gasteiger partial charge < -0.3 is 19.1 Å². The molecule has 4 rings (SSSR count). The number of fused-ring (bicyclic) bond motifs is 2. The summed E-state index contributed by atoms with van der Waals surface area (Å²) in [5, 5.41) is 13.8. The number of nitrogens with one attached hydrogen (secondary N) is 1. The van der Waals surface area contributed by atoms with Crippen LogP contribution in [-0.4, -0.2) is 30.6 Å². The Balaban J connectivity index is 1.85. The summed E-state index contributed by atoms with van der Waals surface area (Å²) in [6.45, 7) is 1.65. The van der Waals surface area contributed by atoms with Gasteiger partial charge in [0.2, 0.25) is 15.9 Å². The van der Waals surface area contributed by atoms with E-state index in [0.717, 1.165) is 0 Å². The molecule has 11 heteroatoms. The van der Waals surface area contributed by atoms with Crippen LogP contribution in [0.1, 0.15) is 18.1 Å². The summed E-state index contributed by atoms with van der Waals surface area (Å²) in [6, 6.07) is 7.01. The summed E-state index contributed by atoms with van der Waals surface area (Å²) in [7, 11) is -3.53. The Hall–Kier alpha value is -3.18. The highest BCUT2D eigenvalue weighted by molar-refractivity contribution is 7.92. The molecular weight excluding hydrogens is 417 g/mol. The first-order valence-electron chi connectivity index (χ1n) is 9.04. The van der Waals surface area contributed by atoms with Crippen LogP contribution in [0.5, 0.6) is 11.6 Å². The highest BCUT2D eigenvalue weighted by Crippen LogP contribution is 2.41. The van der Waals surface area contributed by atoms with Gasteiger partial charge in [0, 0.05) is 16.5 Å². The minimum absolute atomic E-state index is 0.00807. The van der Waals surface area contributed by atoms with E-state index in [0.29, 0.717) is 27.8 Å². The van der Waals surface area contributed by atoms with Crippen molar-refractivity contribution in [3.8, 4) is 11.6 Å². The van der Waals surface area contributed by atoms with Crippen molar-refractivity contribution < 1.29 is 27.4 Å². The maximum atomic E-state index is 14.1. The fourth-order valence-corrected chi connectivity index (χ4v) is 4.06. The molecule has 0 fully saturated rings. The first-order chi connectivity index (χ1) is 14.3. The molecule has 0 saturated heterocycles. The second kappa shape index (κ2) is 7.58. The summed E-state index contributed by atoms with van der Waals surface area (Å²) in [5.74, 6) is -0.598. The lowest BCUT2D eigenvalue weighted by Gasteiger charge is -2.21. The lowest BCUT2D eigenvalue weighted by Crippen LogP contribution is -2.15. The molecule has 9 nitrogen and oxygen atoms in total. The zero-order valence-electron chi connectivity index (χ0n) is 15.9. The SMILES string of the molecule is CCS(=O)(=O)Nc1ccc2c(N=O)c(O)n(Cc3cc(F)cc4c3OCOC4)c2c1. The smallest absolute Gasteiger partial charge is 0.232 e. The van der Waals surface area contributed by atoms with Gasteiger partial charge in [-0.05, 0) is 42.4 Å². The Kier molecular flexibility index (Phi) is 5.08. The number of hydrogen-bond acceptors (Lipinski definition) is 7. The van der Waals surface area contributed by atoms with Crippen LogP contribution < -0.4 is 9.46 Å². The van der Waals surface area contributed by atoms with Crippen LogP contribution in [0.15, 0.2) is 35.5 Å². The monoisotopic (exact) mass is 435 g/mol. The zero-order valence-corrected chi connectivity index (χ0v) is 16.7. The highest BCUT2D eigenvalue weighted by atomic mass is 32.2. The van der Waals surface area contributed by atoms with Gasteiger partial charge in [0.25, 0.3) is 0 Å². The predicted octanol–water partition coefficient (Wildman–Crippen LogP) is 3.56. The van der Waals surface area contributed by atoms with Gasteiger partial charge in [-0.25, -0.2) is 12.8 Å². The van der Waals surface area contributed by atoms with Crippen molar-refractivity contribution >= 4 is 32.3 Å². The van der Waals surface area contributed by atoms with E-state index in [9.17, 15) is 22.8 Å². The maximum absolute atomic E-state index is 14.1. The van der Waals surface area contributed by atoms with E-state index in [1.807, 2.05) is 0 Å². The van der Waals surface area contributed by atoms with Gasteiger partial charge in [0.05, 0.1) is 30.1 Å². The standard InChI is InChI=1S/C19H18FN3O6S/c1-2-30(26,27)22-14-3-4-15-16(7-14)23(19(24)17(15)21-25)8-11-5-13(20)6-12-9-28-10-29-18(11)12/h3-7,22,24H,2,8-10H2,1H3. The van der Waals surface area contributed by atoms with E-state index in [2.05, 4.69) is 9.90 Å². The van der Waals surface area contributed by atoms with E-state index >= 15 is 0 Å². The van der Waals surface area contributed by atoms with Crippen LogP contribution >= 0.6 is 0 Å². The first-order valence-corrected chi connectivity index (χ1v) is 10.7. The predicted molar refractivity (Wildman–Crippen MR) is 108 cm³/mol. The summed E-state index contributed by atoms with van der Waals surface area (Å²) < 4.78 is 52.4. The Labute approximate surface area is 171 Å². The molecule has 30 heavy (non-hydrogen) atoms. The number of aromatic nitrogens is 1. The minimum Gasteiger partial charge on any atom is -0.493 e. The maximum Gasteiger partial charge on any atom is 0.232 e. The molecule has 1 aromatic heterocycles. The Morgan fingerprint density at radius 1 is 1.30 bits per heavy atom. The summed E-state index contributed by atoms with van der Waals surface area (Å²) >= 11 is 0. The van der Waals surface area contributed by atoms with Gasteiger partial charge >= 0.3 is 0 Å². The summed E-state index contributed by atoms with van der Waals surface area (Å²) in [4.78, 5) is 11.3. The van der Waals surface area contributed by atoms with Gasteiger partial charge in [0.1, 0.15) is 11.6 Å². The number of nitrogens with zero attached hydrogens (tertiary/aromatic N) is 2. The van der Waals surface area contributed by atoms with E-state index in [1.165, 1.54) is 41.8 Å². The third-order valence-electron chi connectivity index (χ3n) is 4.84. The normalized spacial score (nSPS) is 13.7. The van der Waals surface area contributed by atoms with E-state index in [1.54, 1.807) is 0 Å². The van der Waals surface area contributed by atoms with Crippen molar-refractivity contribution in [1.82, 2.24) is 4.57 Å². The molecule has 0 spiro atoms. The van der Waals surface area contributed by atoms with Crippen molar-refractivity contribution in [2.24, 2.45) is 5.18 Å². The Bertz CT molecular complexity index is 1260. The molecule has 0 saturated carbocycles. The average Bonchev–Trinajstić information content (AvgIpc) is 2.98. The van der Waals surface area contributed by atoms with E-state index in [4.69, 9.17) is 9.47 Å². The molecule has 3 aromatic rings. The quantitative estimate of drug-likeness (QED) is 0.572. The number of rotatable bonds is 6. The summed E-state index contributed by atoms with van der Waals surface area (Å²) in [5.41, 5.74) is 1.37. The molecule has 2 heterocycles.